The fourth-order valence-corrected chi connectivity index (χ4v) is 2.49. The van der Waals surface area contributed by atoms with Crippen molar-refractivity contribution in [2.75, 3.05) is 33.9 Å². The molecule has 1 aromatic carbocycles. The molecule has 0 unspecified atom stereocenters. The van der Waals surface area contributed by atoms with E-state index in [9.17, 15) is 9.59 Å². The first-order valence-electron chi connectivity index (χ1n) is 7.43. The summed E-state index contributed by atoms with van der Waals surface area (Å²) in [5.74, 6) is 0.878. The summed E-state index contributed by atoms with van der Waals surface area (Å²) >= 11 is 0. The summed E-state index contributed by atoms with van der Waals surface area (Å²) in [6.45, 7) is 1.97. The van der Waals surface area contributed by atoms with E-state index >= 15 is 0 Å². The molecule has 22 heavy (non-hydrogen) atoms. The van der Waals surface area contributed by atoms with Crippen LogP contribution in [0.15, 0.2) is 18.2 Å². The Hall–Kier alpha value is -2.24. The number of hydrogen-bond donors (Lipinski definition) is 1. The van der Waals surface area contributed by atoms with E-state index in [1.54, 1.807) is 18.2 Å². The molecular weight excluding hydrogens is 284 g/mol. The van der Waals surface area contributed by atoms with Crippen molar-refractivity contribution < 1.29 is 19.1 Å². The minimum absolute atomic E-state index is 0.0930. The standard InChI is InChI=1S/C16H22N2O4/c1-21-12-5-6-14(22-2)13(11-12)16(20)17-8-7-15(19)18-9-3-4-10-18/h5-6,11H,3-4,7-10H2,1-2H3,(H,17,20). The maximum absolute atomic E-state index is 12.2. The average molecular weight is 306 g/mol. The first-order valence-corrected chi connectivity index (χ1v) is 7.43. The topological polar surface area (TPSA) is 67.9 Å². The third-order valence-corrected chi connectivity index (χ3v) is 3.73. The van der Waals surface area contributed by atoms with E-state index in [-0.39, 0.29) is 11.8 Å². The molecule has 6 heteroatoms. The summed E-state index contributed by atoms with van der Waals surface area (Å²) < 4.78 is 10.3. The lowest BCUT2D eigenvalue weighted by molar-refractivity contribution is -0.129. The van der Waals surface area contributed by atoms with E-state index in [2.05, 4.69) is 5.32 Å². The molecule has 1 aromatic rings. The maximum Gasteiger partial charge on any atom is 0.255 e. The summed E-state index contributed by atoms with van der Waals surface area (Å²) in [5.41, 5.74) is 0.399. The zero-order valence-corrected chi connectivity index (χ0v) is 13.1. The SMILES string of the molecule is COc1ccc(OC)c(C(=O)NCCC(=O)N2CCCC2)c1. The lowest BCUT2D eigenvalue weighted by atomic mass is 10.1. The zero-order chi connectivity index (χ0) is 15.9. The summed E-state index contributed by atoms with van der Waals surface area (Å²) in [4.78, 5) is 26.0. The van der Waals surface area contributed by atoms with Gasteiger partial charge in [0.2, 0.25) is 5.91 Å². The highest BCUT2D eigenvalue weighted by Gasteiger charge is 2.18. The van der Waals surface area contributed by atoms with Gasteiger partial charge in [-0.25, -0.2) is 0 Å². The average Bonchev–Trinajstić information content (AvgIpc) is 3.08. The van der Waals surface area contributed by atoms with Crippen molar-refractivity contribution in [1.82, 2.24) is 10.2 Å². The molecular formula is C16H22N2O4. The van der Waals surface area contributed by atoms with Gasteiger partial charge in [-0.15, -0.1) is 0 Å². The number of methoxy groups -OCH3 is 2. The van der Waals surface area contributed by atoms with Gasteiger partial charge in [-0.3, -0.25) is 9.59 Å². The Kier molecular flexibility index (Phi) is 5.63. The second-order valence-corrected chi connectivity index (χ2v) is 5.16. The fourth-order valence-electron chi connectivity index (χ4n) is 2.49. The molecule has 2 amide bonds. The van der Waals surface area contributed by atoms with Crippen molar-refractivity contribution in [2.24, 2.45) is 0 Å². The smallest absolute Gasteiger partial charge is 0.255 e. The molecule has 6 nitrogen and oxygen atoms in total. The van der Waals surface area contributed by atoms with E-state index < -0.39 is 0 Å². The first-order chi connectivity index (χ1) is 10.7. The zero-order valence-electron chi connectivity index (χ0n) is 13.1. The Morgan fingerprint density at radius 1 is 1.18 bits per heavy atom. The molecule has 1 saturated heterocycles. The van der Waals surface area contributed by atoms with E-state index in [0.717, 1.165) is 25.9 Å². The molecule has 1 heterocycles. The van der Waals surface area contributed by atoms with E-state index in [1.807, 2.05) is 4.90 Å². The Bertz CT molecular complexity index is 539. The van der Waals surface area contributed by atoms with Crippen LogP contribution in [-0.4, -0.2) is 50.6 Å². The van der Waals surface area contributed by atoms with Crippen LogP contribution in [0.1, 0.15) is 29.6 Å². The van der Waals surface area contributed by atoms with Crippen LogP contribution in [0.25, 0.3) is 0 Å². The molecule has 0 atom stereocenters. The molecule has 0 aromatic heterocycles. The Balaban J connectivity index is 1.90. The van der Waals surface area contributed by atoms with Gasteiger partial charge < -0.3 is 19.7 Å². The number of amides is 2. The van der Waals surface area contributed by atoms with Crippen molar-refractivity contribution >= 4 is 11.8 Å². The van der Waals surface area contributed by atoms with Crippen LogP contribution >= 0.6 is 0 Å². The molecule has 1 fully saturated rings. The van der Waals surface area contributed by atoms with Crippen molar-refractivity contribution in [2.45, 2.75) is 19.3 Å². The highest BCUT2D eigenvalue weighted by atomic mass is 16.5. The van der Waals surface area contributed by atoms with Gasteiger partial charge in [-0.1, -0.05) is 0 Å². The molecule has 0 radical (unpaired) electrons. The molecule has 1 aliphatic heterocycles. The van der Waals surface area contributed by atoms with Crippen LogP contribution in [0, 0.1) is 0 Å². The summed E-state index contributed by atoms with van der Waals surface area (Å²) in [7, 11) is 3.05. The number of rotatable bonds is 6. The van der Waals surface area contributed by atoms with Crippen LogP contribution in [0.3, 0.4) is 0 Å². The minimum atomic E-state index is -0.273. The van der Waals surface area contributed by atoms with E-state index in [1.165, 1.54) is 14.2 Å². The Morgan fingerprint density at radius 3 is 2.55 bits per heavy atom. The summed E-state index contributed by atoms with van der Waals surface area (Å²) in [5, 5.41) is 2.76. The van der Waals surface area contributed by atoms with Gasteiger partial charge in [-0.2, -0.15) is 0 Å². The van der Waals surface area contributed by atoms with Gasteiger partial charge >= 0.3 is 0 Å². The molecule has 2 rings (SSSR count). The number of nitrogens with zero attached hydrogens (tertiary/aromatic N) is 1. The van der Waals surface area contributed by atoms with Crippen molar-refractivity contribution in [3.05, 3.63) is 23.8 Å². The third kappa shape index (κ3) is 3.90. The highest BCUT2D eigenvalue weighted by Crippen LogP contribution is 2.23. The van der Waals surface area contributed by atoms with Crippen LogP contribution in [0.2, 0.25) is 0 Å². The predicted octanol–water partition coefficient (Wildman–Crippen LogP) is 1.45. The number of carbonyl (C=O) groups is 2. The number of carbonyl (C=O) groups excluding carboxylic acids is 2. The van der Waals surface area contributed by atoms with Crippen molar-refractivity contribution in [3.63, 3.8) is 0 Å². The van der Waals surface area contributed by atoms with Gasteiger partial charge in [0.1, 0.15) is 11.5 Å². The molecule has 1 aliphatic rings. The van der Waals surface area contributed by atoms with E-state index in [4.69, 9.17) is 9.47 Å². The van der Waals surface area contributed by atoms with Gasteiger partial charge in [0, 0.05) is 26.1 Å². The van der Waals surface area contributed by atoms with Crippen LogP contribution < -0.4 is 14.8 Å². The molecule has 120 valence electrons. The second kappa shape index (κ2) is 7.68. The van der Waals surface area contributed by atoms with Crippen LogP contribution in [-0.2, 0) is 4.79 Å². The Morgan fingerprint density at radius 2 is 1.91 bits per heavy atom. The normalized spacial score (nSPS) is 13.8. The molecule has 1 N–H and O–H groups in total. The van der Waals surface area contributed by atoms with Crippen LogP contribution in [0.4, 0.5) is 0 Å². The molecule has 0 saturated carbocycles. The molecule has 0 aliphatic carbocycles. The summed E-state index contributed by atoms with van der Waals surface area (Å²) in [6.07, 6.45) is 2.45. The minimum Gasteiger partial charge on any atom is -0.497 e. The van der Waals surface area contributed by atoms with Crippen LogP contribution in [0.5, 0.6) is 11.5 Å². The number of likely N-dealkylation sites (tertiary alicyclic amines) is 1. The van der Waals surface area contributed by atoms with Gasteiger partial charge in [0.15, 0.2) is 0 Å². The number of hydrogen-bond acceptors (Lipinski definition) is 4. The Labute approximate surface area is 130 Å². The van der Waals surface area contributed by atoms with Crippen molar-refractivity contribution in [3.8, 4) is 11.5 Å². The predicted molar refractivity (Wildman–Crippen MR) is 82.3 cm³/mol. The number of ether oxygens (including phenoxy) is 2. The monoisotopic (exact) mass is 306 g/mol. The van der Waals surface area contributed by atoms with Gasteiger partial charge in [0.25, 0.3) is 5.91 Å². The molecule has 0 bridgehead atoms. The van der Waals surface area contributed by atoms with Gasteiger partial charge in [0.05, 0.1) is 19.8 Å². The summed E-state index contributed by atoms with van der Waals surface area (Å²) in [6, 6.07) is 5.03. The lowest BCUT2D eigenvalue weighted by Gasteiger charge is -2.15. The maximum atomic E-state index is 12.2. The van der Waals surface area contributed by atoms with Crippen molar-refractivity contribution in [1.29, 1.82) is 0 Å². The quantitative estimate of drug-likeness (QED) is 0.863. The van der Waals surface area contributed by atoms with E-state index in [0.29, 0.717) is 30.0 Å². The lowest BCUT2D eigenvalue weighted by Crippen LogP contribution is -2.32. The number of nitrogens with one attached hydrogen (secondary N) is 1. The second-order valence-electron chi connectivity index (χ2n) is 5.16. The number of benzene rings is 1. The largest absolute Gasteiger partial charge is 0.497 e. The highest BCUT2D eigenvalue weighted by molar-refractivity contribution is 5.97. The fraction of sp³-hybridized carbons (Fsp3) is 0.500. The third-order valence-electron chi connectivity index (χ3n) is 3.73. The van der Waals surface area contributed by atoms with Gasteiger partial charge in [-0.05, 0) is 31.0 Å². The molecule has 0 spiro atoms. The first kappa shape index (κ1) is 16.1.